The van der Waals surface area contributed by atoms with Crippen molar-refractivity contribution in [3.05, 3.63) is 0 Å². The van der Waals surface area contributed by atoms with E-state index >= 15 is 0 Å². The van der Waals surface area contributed by atoms with Gasteiger partial charge in [-0.3, -0.25) is 4.90 Å². The van der Waals surface area contributed by atoms with Gasteiger partial charge < -0.3 is 0 Å². The van der Waals surface area contributed by atoms with Crippen LogP contribution in [0.3, 0.4) is 0 Å². The standard InChI is InChI=1S/C13H23F2N/c1-10(2,3)12-8-16(11(4,5)6)7-9(12)13(12,14)15/h9H,7-8H2,1-6H3. The SMILES string of the molecule is CC(C)(C)N1CC2C(F)(F)C2(C(C)(C)C)C1. The molecule has 1 saturated heterocycles. The maximum atomic E-state index is 13.9. The first-order valence-electron chi connectivity index (χ1n) is 6.07. The van der Waals surface area contributed by atoms with E-state index in [0.29, 0.717) is 13.1 Å². The summed E-state index contributed by atoms with van der Waals surface area (Å²) in [5.74, 6) is -2.88. The number of piperidine rings is 1. The second-order valence-electron chi connectivity index (χ2n) is 7.45. The summed E-state index contributed by atoms with van der Waals surface area (Å²) in [6.45, 7) is 13.3. The highest BCUT2D eigenvalue weighted by Gasteiger charge is 2.86. The first-order valence-corrected chi connectivity index (χ1v) is 6.07. The van der Waals surface area contributed by atoms with Crippen molar-refractivity contribution in [3.63, 3.8) is 0 Å². The zero-order chi connectivity index (χ0) is 12.6. The van der Waals surface area contributed by atoms with Gasteiger partial charge >= 0.3 is 0 Å². The molecule has 0 aromatic heterocycles. The molecule has 1 saturated carbocycles. The predicted octanol–water partition coefficient (Wildman–Crippen LogP) is 3.40. The van der Waals surface area contributed by atoms with Crippen LogP contribution in [0.5, 0.6) is 0 Å². The lowest BCUT2D eigenvalue weighted by Crippen LogP contribution is -2.46. The van der Waals surface area contributed by atoms with Crippen LogP contribution in [0.4, 0.5) is 8.78 Å². The van der Waals surface area contributed by atoms with Crippen LogP contribution < -0.4 is 0 Å². The van der Waals surface area contributed by atoms with Gasteiger partial charge in [0.25, 0.3) is 5.92 Å². The predicted molar refractivity (Wildman–Crippen MR) is 61.7 cm³/mol. The lowest BCUT2D eigenvalue weighted by atomic mass is 9.76. The molecule has 0 amide bonds. The van der Waals surface area contributed by atoms with Crippen molar-refractivity contribution in [2.24, 2.45) is 16.7 Å². The molecule has 1 nitrogen and oxygen atoms in total. The molecule has 0 N–H and O–H groups in total. The van der Waals surface area contributed by atoms with Gasteiger partial charge in [-0.25, -0.2) is 8.78 Å². The molecular formula is C13H23F2N. The highest BCUT2D eigenvalue weighted by atomic mass is 19.3. The van der Waals surface area contributed by atoms with Gasteiger partial charge in [0.15, 0.2) is 0 Å². The fraction of sp³-hybridized carbons (Fsp3) is 1.00. The molecule has 0 aromatic rings. The first kappa shape index (κ1) is 12.3. The Morgan fingerprint density at radius 2 is 1.56 bits per heavy atom. The quantitative estimate of drug-likeness (QED) is 0.617. The zero-order valence-corrected chi connectivity index (χ0v) is 11.2. The van der Waals surface area contributed by atoms with Crippen LogP contribution in [-0.2, 0) is 0 Å². The smallest absolute Gasteiger partial charge is 0.260 e. The van der Waals surface area contributed by atoms with Crippen LogP contribution in [0, 0.1) is 16.7 Å². The number of rotatable bonds is 0. The van der Waals surface area contributed by atoms with Gasteiger partial charge in [-0.15, -0.1) is 0 Å². The lowest BCUT2D eigenvalue weighted by molar-refractivity contribution is -0.0278. The number of nitrogens with zero attached hydrogens (tertiary/aromatic N) is 1. The highest BCUT2D eigenvalue weighted by Crippen LogP contribution is 2.76. The number of hydrogen-bond acceptors (Lipinski definition) is 1. The number of alkyl halides is 2. The van der Waals surface area contributed by atoms with E-state index in [0.717, 1.165) is 0 Å². The van der Waals surface area contributed by atoms with Gasteiger partial charge in [0, 0.05) is 24.5 Å². The van der Waals surface area contributed by atoms with Gasteiger partial charge in [-0.2, -0.15) is 0 Å². The summed E-state index contributed by atoms with van der Waals surface area (Å²) >= 11 is 0. The lowest BCUT2D eigenvalue weighted by Gasteiger charge is -2.38. The van der Waals surface area contributed by atoms with Crippen LogP contribution in [0.1, 0.15) is 41.5 Å². The van der Waals surface area contributed by atoms with Crippen molar-refractivity contribution in [1.29, 1.82) is 0 Å². The summed E-state index contributed by atoms with van der Waals surface area (Å²) in [4.78, 5) is 2.21. The van der Waals surface area contributed by atoms with Crippen molar-refractivity contribution in [1.82, 2.24) is 4.90 Å². The van der Waals surface area contributed by atoms with Crippen molar-refractivity contribution in [2.45, 2.75) is 53.0 Å². The molecule has 2 fully saturated rings. The molecule has 1 aliphatic heterocycles. The van der Waals surface area contributed by atoms with Crippen molar-refractivity contribution in [2.75, 3.05) is 13.1 Å². The molecule has 2 unspecified atom stereocenters. The number of fused-ring (bicyclic) bond motifs is 1. The van der Waals surface area contributed by atoms with Crippen molar-refractivity contribution in [3.8, 4) is 0 Å². The van der Waals surface area contributed by atoms with Crippen LogP contribution in [0.25, 0.3) is 0 Å². The monoisotopic (exact) mass is 231 g/mol. The highest BCUT2D eigenvalue weighted by molar-refractivity contribution is 5.28. The summed E-state index contributed by atoms with van der Waals surface area (Å²) in [5, 5.41) is 0. The molecule has 0 spiro atoms. The van der Waals surface area contributed by atoms with Crippen molar-refractivity contribution >= 4 is 0 Å². The van der Waals surface area contributed by atoms with Gasteiger partial charge in [0.05, 0.1) is 5.41 Å². The normalized spacial score (nSPS) is 38.6. The summed E-state index contributed by atoms with van der Waals surface area (Å²) < 4.78 is 27.9. The van der Waals surface area contributed by atoms with E-state index in [9.17, 15) is 8.78 Å². The molecule has 2 aliphatic rings. The molecular weight excluding hydrogens is 208 g/mol. The van der Waals surface area contributed by atoms with E-state index in [2.05, 4.69) is 25.7 Å². The Labute approximate surface area is 97.2 Å². The van der Waals surface area contributed by atoms with Gasteiger partial charge in [0.1, 0.15) is 0 Å². The largest absolute Gasteiger partial charge is 0.297 e. The minimum Gasteiger partial charge on any atom is -0.297 e. The third kappa shape index (κ3) is 1.24. The summed E-state index contributed by atoms with van der Waals surface area (Å²) in [6.07, 6.45) is 0. The van der Waals surface area contributed by atoms with Crippen LogP contribution in [0.15, 0.2) is 0 Å². The minimum absolute atomic E-state index is 0.00174. The fourth-order valence-electron chi connectivity index (χ4n) is 3.38. The molecule has 3 heteroatoms. The Kier molecular flexibility index (Phi) is 2.15. The molecule has 16 heavy (non-hydrogen) atoms. The Morgan fingerprint density at radius 3 is 1.88 bits per heavy atom. The molecule has 0 bridgehead atoms. The Morgan fingerprint density at radius 1 is 1.06 bits per heavy atom. The third-order valence-corrected chi connectivity index (χ3v) is 4.67. The van der Waals surface area contributed by atoms with E-state index < -0.39 is 17.3 Å². The molecule has 0 radical (unpaired) electrons. The summed E-state index contributed by atoms with van der Waals surface area (Å²) in [7, 11) is 0. The molecule has 1 heterocycles. The van der Waals surface area contributed by atoms with E-state index in [1.165, 1.54) is 0 Å². The maximum absolute atomic E-state index is 13.9. The first-order chi connectivity index (χ1) is 6.94. The summed E-state index contributed by atoms with van der Waals surface area (Å²) in [6, 6.07) is 0. The van der Waals surface area contributed by atoms with Gasteiger partial charge in [0.2, 0.25) is 0 Å². The summed E-state index contributed by atoms with van der Waals surface area (Å²) in [5.41, 5.74) is -1.10. The second-order valence-corrected chi connectivity index (χ2v) is 7.45. The van der Waals surface area contributed by atoms with E-state index in [1.54, 1.807) is 0 Å². The van der Waals surface area contributed by atoms with Crippen molar-refractivity contribution < 1.29 is 8.78 Å². The molecule has 1 aliphatic carbocycles. The van der Waals surface area contributed by atoms with Crippen LogP contribution in [0.2, 0.25) is 0 Å². The fourth-order valence-corrected chi connectivity index (χ4v) is 3.38. The number of halogens is 2. The zero-order valence-electron chi connectivity index (χ0n) is 11.2. The maximum Gasteiger partial charge on any atom is 0.260 e. The third-order valence-electron chi connectivity index (χ3n) is 4.67. The average molecular weight is 231 g/mol. The molecule has 0 aromatic carbocycles. The van der Waals surface area contributed by atoms with Crippen LogP contribution in [-0.4, -0.2) is 29.5 Å². The van der Waals surface area contributed by atoms with Gasteiger partial charge in [-0.1, -0.05) is 20.8 Å². The second kappa shape index (κ2) is 2.80. The van der Waals surface area contributed by atoms with E-state index in [1.807, 2.05) is 20.8 Å². The Balaban J connectivity index is 2.27. The topological polar surface area (TPSA) is 3.24 Å². The van der Waals surface area contributed by atoms with E-state index in [4.69, 9.17) is 0 Å². The Bertz CT molecular complexity index is 299. The minimum atomic E-state index is -2.45. The van der Waals surface area contributed by atoms with Gasteiger partial charge in [-0.05, 0) is 26.2 Å². The number of likely N-dealkylation sites (tertiary alicyclic amines) is 1. The van der Waals surface area contributed by atoms with E-state index in [-0.39, 0.29) is 11.0 Å². The molecule has 94 valence electrons. The Hall–Kier alpha value is -0.180. The number of hydrogen-bond donors (Lipinski definition) is 0. The molecule has 2 rings (SSSR count). The molecule has 2 atom stereocenters. The average Bonchev–Trinajstić information content (AvgIpc) is 2.41. The van der Waals surface area contributed by atoms with Crippen LogP contribution >= 0.6 is 0 Å².